The first-order valence-corrected chi connectivity index (χ1v) is 4.72. The first kappa shape index (κ1) is 11.3. The minimum atomic E-state index is 0.858. The Morgan fingerprint density at radius 1 is 1.47 bits per heavy atom. The van der Waals surface area contributed by atoms with Crippen LogP contribution in [0, 0.1) is 6.92 Å². The molecule has 1 aromatic carbocycles. The molecule has 1 rings (SSSR count). The zero-order chi connectivity index (χ0) is 11.3. The highest BCUT2D eigenvalue weighted by atomic mass is 16.5. The van der Waals surface area contributed by atoms with Crippen LogP contribution in [0.25, 0.3) is 5.57 Å². The van der Waals surface area contributed by atoms with Crippen LogP contribution in [0.5, 0.6) is 5.75 Å². The topological polar surface area (TPSA) is 47.6 Å². The Kier molecular flexibility index (Phi) is 3.92. The largest absolute Gasteiger partial charge is 0.496 e. The summed E-state index contributed by atoms with van der Waals surface area (Å²) in [6.45, 7) is 2.00. The number of rotatable bonds is 3. The Bertz CT molecular complexity index is 395. The SMILES string of the molecule is CN=CC(=CN)c1ccc(C)c(OC)c1. The number of ether oxygens (including phenoxy) is 1. The molecule has 0 saturated carbocycles. The van der Waals surface area contributed by atoms with Gasteiger partial charge in [0.2, 0.25) is 0 Å². The molecule has 0 aromatic heterocycles. The maximum absolute atomic E-state index is 5.53. The van der Waals surface area contributed by atoms with Crippen molar-refractivity contribution in [3.63, 3.8) is 0 Å². The van der Waals surface area contributed by atoms with Crippen molar-refractivity contribution < 1.29 is 4.74 Å². The summed E-state index contributed by atoms with van der Waals surface area (Å²) in [4.78, 5) is 3.95. The standard InChI is InChI=1S/C12H16N2O/c1-9-4-5-10(6-12(9)15-3)11(7-13)8-14-2/h4-8H,13H2,1-3H3. The van der Waals surface area contributed by atoms with Crippen LogP contribution in [-0.4, -0.2) is 20.4 Å². The third-order valence-corrected chi connectivity index (χ3v) is 2.19. The molecule has 1 aromatic rings. The predicted molar refractivity (Wildman–Crippen MR) is 64.3 cm³/mol. The van der Waals surface area contributed by atoms with Gasteiger partial charge < -0.3 is 10.5 Å². The van der Waals surface area contributed by atoms with E-state index in [1.807, 2.05) is 25.1 Å². The smallest absolute Gasteiger partial charge is 0.122 e. The number of hydrogen-bond donors (Lipinski definition) is 1. The monoisotopic (exact) mass is 204 g/mol. The van der Waals surface area contributed by atoms with Gasteiger partial charge in [-0.1, -0.05) is 12.1 Å². The molecule has 0 bridgehead atoms. The molecule has 0 saturated heterocycles. The fourth-order valence-electron chi connectivity index (χ4n) is 1.35. The first-order valence-electron chi connectivity index (χ1n) is 4.72. The number of nitrogens with two attached hydrogens (primary N) is 1. The Labute approximate surface area is 90.3 Å². The van der Waals surface area contributed by atoms with Crippen molar-refractivity contribution in [3.05, 3.63) is 35.5 Å². The van der Waals surface area contributed by atoms with Gasteiger partial charge in [0.15, 0.2) is 0 Å². The van der Waals surface area contributed by atoms with Gasteiger partial charge in [-0.3, -0.25) is 4.99 Å². The van der Waals surface area contributed by atoms with Gasteiger partial charge in [0.25, 0.3) is 0 Å². The fraction of sp³-hybridized carbons (Fsp3) is 0.250. The van der Waals surface area contributed by atoms with E-state index in [0.717, 1.165) is 22.4 Å². The van der Waals surface area contributed by atoms with E-state index in [9.17, 15) is 0 Å². The second-order valence-corrected chi connectivity index (χ2v) is 3.19. The Hall–Kier alpha value is -1.77. The molecule has 0 unspecified atom stereocenters. The summed E-state index contributed by atoms with van der Waals surface area (Å²) in [5.74, 6) is 0.858. The average Bonchev–Trinajstić information content (AvgIpc) is 2.27. The Morgan fingerprint density at radius 2 is 2.20 bits per heavy atom. The number of allylic oxidation sites excluding steroid dienone is 1. The molecule has 0 aliphatic heterocycles. The van der Waals surface area contributed by atoms with Gasteiger partial charge in [0.1, 0.15) is 5.75 Å². The number of aliphatic imine (C=N–C) groups is 1. The molecule has 15 heavy (non-hydrogen) atoms. The van der Waals surface area contributed by atoms with E-state index in [1.165, 1.54) is 6.20 Å². The van der Waals surface area contributed by atoms with Crippen LogP contribution in [0.4, 0.5) is 0 Å². The van der Waals surface area contributed by atoms with Crippen LogP contribution >= 0.6 is 0 Å². The zero-order valence-electron chi connectivity index (χ0n) is 9.32. The molecule has 3 heteroatoms. The van der Waals surface area contributed by atoms with Crippen molar-refractivity contribution >= 4 is 11.8 Å². The van der Waals surface area contributed by atoms with Crippen LogP contribution in [0.15, 0.2) is 29.4 Å². The maximum atomic E-state index is 5.53. The van der Waals surface area contributed by atoms with Crippen molar-refractivity contribution in [1.29, 1.82) is 0 Å². The predicted octanol–water partition coefficient (Wildman–Crippen LogP) is 2.00. The van der Waals surface area contributed by atoms with Crippen molar-refractivity contribution in [2.75, 3.05) is 14.2 Å². The number of aryl methyl sites for hydroxylation is 1. The third-order valence-electron chi connectivity index (χ3n) is 2.19. The lowest BCUT2D eigenvalue weighted by Crippen LogP contribution is -1.94. The van der Waals surface area contributed by atoms with E-state index in [2.05, 4.69) is 4.99 Å². The van der Waals surface area contributed by atoms with Gasteiger partial charge >= 0.3 is 0 Å². The van der Waals surface area contributed by atoms with E-state index >= 15 is 0 Å². The number of hydrogen-bond acceptors (Lipinski definition) is 3. The minimum Gasteiger partial charge on any atom is -0.496 e. The van der Waals surface area contributed by atoms with Crippen LogP contribution in [0.3, 0.4) is 0 Å². The highest BCUT2D eigenvalue weighted by Gasteiger charge is 2.02. The van der Waals surface area contributed by atoms with E-state index in [1.54, 1.807) is 20.4 Å². The third kappa shape index (κ3) is 2.59. The first-order chi connectivity index (χ1) is 7.22. The van der Waals surface area contributed by atoms with Crippen molar-refractivity contribution in [2.45, 2.75) is 6.92 Å². The second-order valence-electron chi connectivity index (χ2n) is 3.19. The van der Waals surface area contributed by atoms with E-state index < -0.39 is 0 Å². The average molecular weight is 204 g/mol. The summed E-state index contributed by atoms with van der Waals surface area (Å²) in [5.41, 5.74) is 8.52. The molecular formula is C12H16N2O. The van der Waals surface area contributed by atoms with Crippen molar-refractivity contribution in [2.24, 2.45) is 10.7 Å². The van der Waals surface area contributed by atoms with Gasteiger partial charge in [0, 0.05) is 25.0 Å². The lowest BCUT2D eigenvalue weighted by atomic mass is 10.1. The van der Waals surface area contributed by atoms with E-state index in [0.29, 0.717) is 0 Å². The van der Waals surface area contributed by atoms with Gasteiger partial charge in [0.05, 0.1) is 7.11 Å². The lowest BCUT2D eigenvalue weighted by molar-refractivity contribution is 0.411. The molecule has 0 aliphatic rings. The molecule has 80 valence electrons. The Morgan fingerprint density at radius 3 is 2.73 bits per heavy atom. The number of nitrogens with zero attached hydrogens (tertiary/aromatic N) is 1. The summed E-state index contributed by atoms with van der Waals surface area (Å²) >= 11 is 0. The number of benzene rings is 1. The summed E-state index contributed by atoms with van der Waals surface area (Å²) in [7, 11) is 3.38. The highest BCUT2D eigenvalue weighted by Crippen LogP contribution is 2.22. The Balaban J connectivity index is 3.15. The molecule has 0 heterocycles. The molecule has 0 amide bonds. The summed E-state index contributed by atoms with van der Waals surface area (Å²) in [6.07, 6.45) is 3.27. The van der Waals surface area contributed by atoms with Crippen LogP contribution in [0.1, 0.15) is 11.1 Å². The summed E-state index contributed by atoms with van der Waals surface area (Å²) in [6, 6.07) is 5.95. The van der Waals surface area contributed by atoms with Gasteiger partial charge in [-0.15, -0.1) is 0 Å². The quantitative estimate of drug-likeness (QED) is 0.765. The fourth-order valence-corrected chi connectivity index (χ4v) is 1.35. The molecule has 0 fully saturated rings. The van der Waals surface area contributed by atoms with E-state index in [-0.39, 0.29) is 0 Å². The highest BCUT2D eigenvalue weighted by molar-refractivity contribution is 6.09. The molecule has 0 spiro atoms. The molecule has 3 nitrogen and oxygen atoms in total. The van der Waals surface area contributed by atoms with Crippen LogP contribution in [0.2, 0.25) is 0 Å². The zero-order valence-corrected chi connectivity index (χ0v) is 9.32. The molecule has 0 aliphatic carbocycles. The van der Waals surface area contributed by atoms with Gasteiger partial charge in [-0.2, -0.15) is 0 Å². The summed E-state index contributed by atoms with van der Waals surface area (Å²) < 4.78 is 5.25. The molecule has 2 N–H and O–H groups in total. The maximum Gasteiger partial charge on any atom is 0.122 e. The second kappa shape index (κ2) is 5.20. The van der Waals surface area contributed by atoms with Crippen LogP contribution < -0.4 is 10.5 Å². The normalized spacial score (nSPS) is 12.1. The van der Waals surface area contributed by atoms with Crippen molar-refractivity contribution in [1.82, 2.24) is 0 Å². The number of methoxy groups -OCH3 is 1. The van der Waals surface area contributed by atoms with Crippen LogP contribution in [-0.2, 0) is 0 Å². The molecule has 0 radical (unpaired) electrons. The van der Waals surface area contributed by atoms with Crippen molar-refractivity contribution in [3.8, 4) is 5.75 Å². The summed E-state index contributed by atoms with van der Waals surface area (Å²) in [5, 5.41) is 0. The minimum absolute atomic E-state index is 0.858. The van der Waals surface area contributed by atoms with Gasteiger partial charge in [-0.25, -0.2) is 0 Å². The molecule has 0 atom stereocenters. The van der Waals surface area contributed by atoms with Gasteiger partial charge in [-0.05, 0) is 24.1 Å². The molecular weight excluding hydrogens is 188 g/mol. The van der Waals surface area contributed by atoms with E-state index in [4.69, 9.17) is 10.5 Å². The lowest BCUT2D eigenvalue weighted by Gasteiger charge is -2.07.